The van der Waals surface area contributed by atoms with Crippen LogP contribution in [0.1, 0.15) is 20.8 Å². The van der Waals surface area contributed by atoms with Crippen LogP contribution in [0.25, 0.3) is 0 Å². The number of piperazine rings is 1. The lowest BCUT2D eigenvalue weighted by Crippen LogP contribution is -2.53. The topological polar surface area (TPSA) is 81.8 Å². The van der Waals surface area contributed by atoms with Crippen molar-refractivity contribution in [1.82, 2.24) is 19.2 Å². The highest BCUT2D eigenvalue weighted by Crippen LogP contribution is 2.07. The summed E-state index contributed by atoms with van der Waals surface area (Å²) in [6.45, 7) is 7.56. The number of carbonyl (C=O) groups is 1. The first-order valence-electron chi connectivity index (χ1n) is 6.36. The molecule has 0 aromatic heterocycles. The molecule has 0 saturated carbocycles. The monoisotopic (exact) mass is 292 g/mol. The Morgan fingerprint density at radius 1 is 1.32 bits per heavy atom. The Morgan fingerprint density at radius 3 is 2.32 bits per heavy atom. The second-order valence-corrected chi connectivity index (χ2v) is 7.75. The summed E-state index contributed by atoms with van der Waals surface area (Å²) in [5.74, 6) is -0.297. The van der Waals surface area contributed by atoms with Crippen molar-refractivity contribution >= 4 is 16.1 Å². The zero-order chi connectivity index (χ0) is 14.7. The predicted molar refractivity (Wildman–Crippen MR) is 73.9 cm³/mol. The van der Waals surface area contributed by atoms with Gasteiger partial charge in [0.2, 0.25) is 5.91 Å². The van der Waals surface area contributed by atoms with Crippen molar-refractivity contribution in [2.45, 2.75) is 26.3 Å². The number of amides is 1. The molecule has 7 nitrogen and oxygen atoms in total. The molecule has 1 amide bonds. The molecule has 8 heteroatoms. The lowest BCUT2D eigenvalue weighted by Gasteiger charge is -2.31. The van der Waals surface area contributed by atoms with E-state index in [0.29, 0.717) is 26.2 Å². The van der Waals surface area contributed by atoms with Crippen LogP contribution in [0.4, 0.5) is 0 Å². The molecule has 0 unspecified atom stereocenters. The van der Waals surface area contributed by atoms with Gasteiger partial charge in [0.05, 0.1) is 6.54 Å². The van der Waals surface area contributed by atoms with Crippen molar-refractivity contribution in [2.24, 2.45) is 0 Å². The zero-order valence-electron chi connectivity index (χ0n) is 12.1. The molecule has 0 aromatic rings. The van der Waals surface area contributed by atoms with E-state index in [9.17, 15) is 13.2 Å². The zero-order valence-corrected chi connectivity index (χ0v) is 12.9. The van der Waals surface area contributed by atoms with Crippen LogP contribution in [0.15, 0.2) is 0 Å². The minimum Gasteiger partial charge on any atom is -0.350 e. The highest BCUT2D eigenvalue weighted by atomic mass is 32.2. The smallest absolute Gasteiger partial charge is 0.282 e. The summed E-state index contributed by atoms with van der Waals surface area (Å²) < 4.78 is 27.0. The van der Waals surface area contributed by atoms with Gasteiger partial charge in [0, 0.05) is 38.8 Å². The largest absolute Gasteiger partial charge is 0.350 e. The highest BCUT2D eigenvalue weighted by molar-refractivity contribution is 7.86. The van der Waals surface area contributed by atoms with E-state index in [4.69, 9.17) is 0 Å². The van der Waals surface area contributed by atoms with Crippen molar-refractivity contribution in [3.05, 3.63) is 0 Å². The highest BCUT2D eigenvalue weighted by Gasteiger charge is 2.29. The molecule has 2 N–H and O–H groups in total. The molecule has 112 valence electrons. The van der Waals surface area contributed by atoms with Gasteiger partial charge in [-0.15, -0.1) is 0 Å². The third-order valence-corrected chi connectivity index (χ3v) is 4.61. The fourth-order valence-electron chi connectivity index (χ4n) is 1.81. The van der Waals surface area contributed by atoms with Crippen LogP contribution in [-0.4, -0.2) is 68.2 Å². The Bertz CT molecular complexity index is 410. The summed E-state index contributed by atoms with van der Waals surface area (Å²) in [4.78, 5) is 11.8. The fraction of sp³-hybridized carbons (Fsp3) is 0.909. The van der Waals surface area contributed by atoms with Crippen LogP contribution in [0.5, 0.6) is 0 Å². The molecule has 1 rings (SSSR count). The maximum atomic E-state index is 12.2. The summed E-state index contributed by atoms with van der Waals surface area (Å²) >= 11 is 0. The van der Waals surface area contributed by atoms with Gasteiger partial charge >= 0.3 is 0 Å². The van der Waals surface area contributed by atoms with Crippen molar-refractivity contribution in [2.75, 3.05) is 39.8 Å². The second kappa shape index (κ2) is 6.17. The number of rotatable bonds is 4. The summed E-state index contributed by atoms with van der Waals surface area (Å²) in [6.07, 6.45) is 0. The Labute approximate surface area is 115 Å². The van der Waals surface area contributed by atoms with Gasteiger partial charge < -0.3 is 10.6 Å². The predicted octanol–water partition coefficient (Wildman–Crippen LogP) is -1.02. The summed E-state index contributed by atoms with van der Waals surface area (Å²) in [6, 6.07) is 0. The van der Waals surface area contributed by atoms with E-state index in [0.717, 1.165) is 4.31 Å². The normalized spacial score (nSPS) is 18.6. The van der Waals surface area contributed by atoms with E-state index in [-0.39, 0.29) is 18.0 Å². The van der Waals surface area contributed by atoms with Gasteiger partial charge in [0.15, 0.2) is 0 Å². The minimum atomic E-state index is -3.55. The molecule has 0 aliphatic carbocycles. The summed E-state index contributed by atoms with van der Waals surface area (Å²) in [5.41, 5.74) is -0.364. The quantitative estimate of drug-likeness (QED) is 0.695. The molecule has 0 aromatic carbocycles. The number of nitrogens with zero attached hydrogens (tertiary/aromatic N) is 2. The molecule has 1 aliphatic heterocycles. The van der Waals surface area contributed by atoms with E-state index in [1.165, 1.54) is 11.4 Å². The number of likely N-dealkylation sites (N-methyl/N-ethyl adjacent to an activating group) is 1. The van der Waals surface area contributed by atoms with Crippen LogP contribution < -0.4 is 10.6 Å². The third-order valence-electron chi connectivity index (χ3n) is 2.68. The maximum absolute atomic E-state index is 12.2. The minimum absolute atomic E-state index is 0.163. The van der Waals surface area contributed by atoms with Crippen LogP contribution in [0.3, 0.4) is 0 Å². The molecule has 1 fully saturated rings. The van der Waals surface area contributed by atoms with Gasteiger partial charge in [-0.25, -0.2) is 0 Å². The molecule has 0 radical (unpaired) electrons. The second-order valence-electron chi connectivity index (χ2n) is 5.71. The number of carbonyl (C=O) groups excluding carboxylic acids is 1. The molecule has 1 saturated heterocycles. The Kier molecular flexibility index (Phi) is 5.31. The fourth-order valence-corrected chi connectivity index (χ4v) is 3.13. The Hall–Kier alpha value is -0.700. The maximum Gasteiger partial charge on any atom is 0.282 e. The molecular formula is C11H24N4O3S. The van der Waals surface area contributed by atoms with Gasteiger partial charge in [0.1, 0.15) is 0 Å². The van der Waals surface area contributed by atoms with Crippen LogP contribution in [0.2, 0.25) is 0 Å². The molecule has 0 atom stereocenters. The molecule has 0 spiro atoms. The van der Waals surface area contributed by atoms with Crippen molar-refractivity contribution in [3.8, 4) is 0 Å². The third kappa shape index (κ3) is 5.06. The number of hydrogen-bond acceptors (Lipinski definition) is 4. The van der Waals surface area contributed by atoms with Gasteiger partial charge in [-0.2, -0.15) is 17.0 Å². The first-order valence-corrected chi connectivity index (χ1v) is 7.76. The van der Waals surface area contributed by atoms with E-state index >= 15 is 0 Å². The van der Waals surface area contributed by atoms with Gasteiger partial charge in [0.25, 0.3) is 10.2 Å². The average Bonchev–Trinajstić information content (AvgIpc) is 2.27. The van der Waals surface area contributed by atoms with Crippen molar-refractivity contribution < 1.29 is 13.2 Å². The van der Waals surface area contributed by atoms with E-state index in [1.807, 2.05) is 20.8 Å². The first kappa shape index (κ1) is 16.4. The molecule has 1 aliphatic rings. The summed E-state index contributed by atoms with van der Waals surface area (Å²) in [7, 11) is -2.12. The average molecular weight is 292 g/mol. The first-order chi connectivity index (χ1) is 8.63. The lowest BCUT2D eigenvalue weighted by molar-refractivity contribution is -0.122. The molecule has 19 heavy (non-hydrogen) atoms. The van der Waals surface area contributed by atoms with Gasteiger partial charge in [-0.3, -0.25) is 4.79 Å². The van der Waals surface area contributed by atoms with Gasteiger partial charge in [-0.1, -0.05) is 0 Å². The van der Waals surface area contributed by atoms with E-state index < -0.39 is 10.2 Å². The molecule has 1 heterocycles. The molecule has 0 bridgehead atoms. The van der Waals surface area contributed by atoms with Crippen molar-refractivity contribution in [1.29, 1.82) is 0 Å². The lowest BCUT2D eigenvalue weighted by atomic mass is 10.1. The summed E-state index contributed by atoms with van der Waals surface area (Å²) in [5, 5.41) is 5.84. The van der Waals surface area contributed by atoms with E-state index in [1.54, 1.807) is 0 Å². The van der Waals surface area contributed by atoms with Crippen LogP contribution >= 0.6 is 0 Å². The Balaban J connectivity index is 2.60. The van der Waals surface area contributed by atoms with E-state index in [2.05, 4.69) is 10.6 Å². The van der Waals surface area contributed by atoms with Gasteiger partial charge in [-0.05, 0) is 20.8 Å². The number of hydrogen-bond donors (Lipinski definition) is 2. The molecular weight excluding hydrogens is 268 g/mol. The standard InChI is InChI=1S/C11H24N4O3S/c1-11(2,3)13-10(16)9-14(4)19(17,18)15-7-5-12-6-8-15/h12H,5-9H2,1-4H3,(H,13,16). The van der Waals surface area contributed by atoms with Crippen LogP contribution in [-0.2, 0) is 15.0 Å². The Morgan fingerprint density at radius 2 is 1.84 bits per heavy atom. The SMILES string of the molecule is CN(CC(=O)NC(C)(C)C)S(=O)(=O)N1CCNCC1. The van der Waals surface area contributed by atoms with Crippen molar-refractivity contribution in [3.63, 3.8) is 0 Å². The number of nitrogens with one attached hydrogen (secondary N) is 2. The van der Waals surface area contributed by atoms with Crippen LogP contribution in [0, 0.1) is 0 Å².